The van der Waals surface area contributed by atoms with E-state index in [-0.39, 0.29) is 25.6 Å². The molecule has 0 atom stereocenters. The summed E-state index contributed by atoms with van der Waals surface area (Å²) in [7, 11) is 0. The zero-order valence-electron chi connectivity index (χ0n) is 9.57. The number of hydrogen-bond acceptors (Lipinski definition) is 4. The molecule has 1 aromatic heterocycles. The molecule has 1 heterocycles. The molecule has 0 saturated carbocycles. The van der Waals surface area contributed by atoms with Gasteiger partial charge in [-0.3, -0.25) is 9.55 Å². The van der Waals surface area contributed by atoms with Crippen LogP contribution < -0.4 is 5.69 Å². The van der Waals surface area contributed by atoms with Crippen molar-refractivity contribution in [3.8, 4) is 0 Å². The molecule has 0 bridgehead atoms. The molecule has 17 heavy (non-hydrogen) atoms. The number of H-pyrrole nitrogens is 1. The molecule has 0 aromatic carbocycles. The molecule has 0 radical (unpaired) electrons. The highest BCUT2D eigenvalue weighted by Crippen LogP contribution is 2.19. The highest BCUT2D eigenvalue weighted by atomic mass is 32.1. The van der Waals surface area contributed by atoms with Gasteiger partial charge in [-0.15, -0.1) is 0 Å². The van der Waals surface area contributed by atoms with Gasteiger partial charge >= 0.3 is 5.69 Å². The van der Waals surface area contributed by atoms with Gasteiger partial charge in [0.25, 0.3) is 0 Å². The number of aromatic amines is 1. The smallest absolute Gasteiger partial charge is 0.328 e. The number of aliphatic hydroxyl groups excluding tert-OH is 1. The molecule has 94 valence electrons. The normalized spacial score (nSPS) is 14.6. The number of hydrogen-bond donors (Lipinski definition) is 2. The van der Waals surface area contributed by atoms with Crippen molar-refractivity contribution >= 4 is 12.2 Å². The van der Waals surface area contributed by atoms with E-state index in [4.69, 9.17) is 22.1 Å². The van der Waals surface area contributed by atoms with E-state index >= 15 is 0 Å². The first kappa shape index (κ1) is 12.5. The highest BCUT2D eigenvalue weighted by molar-refractivity contribution is 7.71. The molecular formula is C11H16N2O3S. The molecule has 6 heteroatoms. The van der Waals surface area contributed by atoms with Crippen LogP contribution in [0, 0.1) is 4.64 Å². The maximum atomic E-state index is 11.8. The van der Waals surface area contributed by atoms with Gasteiger partial charge in [0, 0.05) is 11.3 Å². The Balaban J connectivity index is 2.36. The monoisotopic (exact) mass is 256 g/mol. The fraction of sp³-hybridized carbons (Fsp3) is 0.636. The minimum absolute atomic E-state index is 0.0419. The number of aliphatic hydroxyl groups is 1. The summed E-state index contributed by atoms with van der Waals surface area (Å²) in [6.07, 6.45) is 3.97. The molecule has 0 unspecified atom stereocenters. The van der Waals surface area contributed by atoms with Gasteiger partial charge in [0.1, 0.15) is 11.4 Å². The maximum Gasteiger partial charge on any atom is 0.328 e. The van der Waals surface area contributed by atoms with Gasteiger partial charge in [0.2, 0.25) is 0 Å². The van der Waals surface area contributed by atoms with E-state index in [0.717, 1.165) is 36.9 Å². The Bertz CT molecular complexity index is 506. The zero-order valence-corrected chi connectivity index (χ0v) is 10.4. The van der Waals surface area contributed by atoms with Crippen molar-refractivity contribution in [1.82, 2.24) is 9.55 Å². The first-order valence-corrected chi connectivity index (χ1v) is 6.18. The van der Waals surface area contributed by atoms with Gasteiger partial charge < -0.3 is 9.84 Å². The molecule has 2 rings (SSSR count). The third-order valence-corrected chi connectivity index (χ3v) is 3.31. The number of nitrogens with one attached hydrogen (secondary N) is 1. The average Bonchev–Trinajstić information content (AvgIpc) is 2.33. The van der Waals surface area contributed by atoms with Crippen LogP contribution in [0.3, 0.4) is 0 Å². The summed E-state index contributed by atoms with van der Waals surface area (Å²) in [5.41, 5.74) is 1.83. The standard InChI is InChI=1S/C11H16N2O3S/c14-5-6-16-7-13-9-4-2-1-3-8(9)10(17)12-11(13)15/h14H,1-7H2,(H,12,15,17). The van der Waals surface area contributed by atoms with Gasteiger partial charge in [-0.05, 0) is 25.7 Å². The first-order chi connectivity index (χ1) is 8.24. The van der Waals surface area contributed by atoms with Crippen LogP contribution in [-0.4, -0.2) is 27.9 Å². The summed E-state index contributed by atoms with van der Waals surface area (Å²) in [6.45, 7) is 0.366. The molecule has 5 nitrogen and oxygen atoms in total. The van der Waals surface area contributed by atoms with E-state index in [1.165, 1.54) is 0 Å². The fourth-order valence-corrected chi connectivity index (χ4v) is 2.46. The van der Waals surface area contributed by atoms with E-state index in [9.17, 15) is 4.79 Å². The Kier molecular flexibility index (Phi) is 4.09. The average molecular weight is 256 g/mol. The second-order valence-electron chi connectivity index (χ2n) is 4.08. The Labute approximate surface area is 104 Å². The van der Waals surface area contributed by atoms with Gasteiger partial charge in [0.15, 0.2) is 0 Å². The number of aromatic nitrogens is 2. The molecule has 0 amide bonds. The number of nitrogens with zero attached hydrogens (tertiary/aromatic N) is 1. The molecule has 0 spiro atoms. The third-order valence-electron chi connectivity index (χ3n) is 2.96. The second-order valence-corrected chi connectivity index (χ2v) is 4.49. The van der Waals surface area contributed by atoms with E-state index in [1.807, 2.05) is 0 Å². The summed E-state index contributed by atoms with van der Waals surface area (Å²) in [5, 5.41) is 8.66. The van der Waals surface area contributed by atoms with Gasteiger partial charge in [-0.2, -0.15) is 0 Å². The molecule has 0 aliphatic heterocycles. The highest BCUT2D eigenvalue weighted by Gasteiger charge is 2.16. The van der Waals surface area contributed by atoms with Crippen molar-refractivity contribution in [3.05, 3.63) is 26.4 Å². The van der Waals surface area contributed by atoms with E-state index in [0.29, 0.717) is 4.64 Å². The van der Waals surface area contributed by atoms with Gasteiger partial charge in [-0.25, -0.2) is 4.79 Å². The van der Waals surface area contributed by atoms with Crippen LogP contribution in [-0.2, 0) is 24.3 Å². The van der Waals surface area contributed by atoms with E-state index in [2.05, 4.69) is 4.98 Å². The van der Waals surface area contributed by atoms with Crippen LogP contribution in [0.25, 0.3) is 0 Å². The Morgan fingerprint density at radius 2 is 2.18 bits per heavy atom. The second kappa shape index (κ2) is 5.57. The lowest BCUT2D eigenvalue weighted by atomic mass is 9.97. The quantitative estimate of drug-likeness (QED) is 0.616. The number of fused-ring (bicyclic) bond motifs is 1. The lowest BCUT2D eigenvalue weighted by molar-refractivity contribution is 0.0438. The van der Waals surface area contributed by atoms with Crippen LogP contribution in [0.1, 0.15) is 24.1 Å². The topological polar surface area (TPSA) is 67.2 Å². The minimum atomic E-state index is -0.228. The molecule has 2 N–H and O–H groups in total. The molecule has 0 fully saturated rings. The summed E-state index contributed by atoms with van der Waals surface area (Å²) < 4.78 is 7.36. The predicted molar refractivity (Wildman–Crippen MR) is 65.6 cm³/mol. The minimum Gasteiger partial charge on any atom is -0.394 e. The largest absolute Gasteiger partial charge is 0.394 e. The molecule has 1 aliphatic rings. The first-order valence-electron chi connectivity index (χ1n) is 5.77. The molecule has 1 aromatic rings. The summed E-state index contributed by atoms with van der Waals surface area (Å²) >= 11 is 5.17. The van der Waals surface area contributed by atoms with Crippen molar-refractivity contribution in [2.24, 2.45) is 0 Å². The van der Waals surface area contributed by atoms with Crippen LogP contribution >= 0.6 is 12.2 Å². The van der Waals surface area contributed by atoms with Crippen molar-refractivity contribution in [2.45, 2.75) is 32.4 Å². The third kappa shape index (κ3) is 2.65. The van der Waals surface area contributed by atoms with Crippen molar-refractivity contribution in [3.63, 3.8) is 0 Å². The number of ether oxygens (including phenoxy) is 1. The molecule has 0 saturated heterocycles. The zero-order chi connectivity index (χ0) is 12.3. The Hall–Kier alpha value is -0.980. The lowest BCUT2D eigenvalue weighted by Crippen LogP contribution is -2.30. The summed E-state index contributed by atoms with van der Waals surface area (Å²) in [4.78, 5) is 14.5. The van der Waals surface area contributed by atoms with Crippen LogP contribution in [0.2, 0.25) is 0 Å². The molecule has 1 aliphatic carbocycles. The lowest BCUT2D eigenvalue weighted by Gasteiger charge is -2.20. The maximum absolute atomic E-state index is 11.8. The van der Waals surface area contributed by atoms with Crippen LogP contribution in [0.4, 0.5) is 0 Å². The Morgan fingerprint density at radius 1 is 1.41 bits per heavy atom. The van der Waals surface area contributed by atoms with Crippen molar-refractivity contribution in [2.75, 3.05) is 13.2 Å². The van der Waals surface area contributed by atoms with Crippen molar-refractivity contribution < 1.29 is 9.84 Å². The van der Waals surface area contributed by atoms with Crippen molar-refractivity contribution in [1.29, 1.82) is 0 Å². The number of rotatable bonds is 4. The van der Waals surface area contributed by atoms with E-state index < -0.39 is 0 Å². The fourth-order valence-electron chi connectivity index (χ4n) is 2.15. The summed E-state index contributed by atoms with van der Waals surface area (Å²) in [6, 6.07) is 0. The van der Waals surface area contributed by atoms with Gasteiger partial charge in [-0.1, -0.05) is 12.2 Å². The SMILES string of the molecule is O=c1[nH]c(=S)c2c(n1COCCO)CCCC2. The summed E-state index contributed by atoms with van der Waals surface area (Å²) in [5.74, 6) is 0. The van der Waals surface area contributed by atoms with E-state index in [1.54, 1.807) is 4.57 Å². The molecular weight excluding hydrogens is 240 g/mol. The Morgan fingerprint density at radius 3 is 2.94 bits per heavy atom. The predicted octanol–water partition coefficient (Wildman–Crippen LogP) is 0.751. The van der Waals surface area contributed by atoms with Gasteiger partial charge in [0.05, 0.1) is 13.2 Å². The van der Waals surface area contributed by atoms with Crippen LogP contribution in [0.15, 0.2) is 4.79 Å². The van der Waals surface area contributed by atoms with Crippen LogP contribution in [0.5, 0.6) is 0 Å².